The molecule has 0 aromatic carbocycles. The summed E-state index contributed by atoms with van der Waals surface area (Å²) < 4.78 is 51.7. The van der Waals surface area contributed by atoms with E-state index in [1.807, 2.05) is 6.92 Å². The maximum atomic E-state index is 12.7. The molecule has 1 N–H and O–H groups in total. The summed E-state index contributed by atoms with van der Waals surface area (Å²) in [4.78, 5) is 10.2. The van der Waals surface area contributed by atoms with Crippen LogP contribution in [0.4, 0.5) is 5.00 Å². The largest absolute Gasteiger partial charge is 0.325 e. The second kappa shape index (κ2) is 8.27. The number of sulfonamides is 2. The van der Waals surface area contributed by atoms with Crippen LogP contribution in [0.2, 0.25) is 0 Å². The number of rotatable bonds is 8. The molecule has 0 aliphatic carbocycles. The first-order valence-corrected chi connectivity index (χ1v) is 12.1. The van der Waals surface area contributed by atoms with E-state index < -0.39 is 25.0 Å². The van der Waals surface area contributed by atoms with Crippen molar-refractivity contribution >= 4 is 36.4 Å². The molecule has 1 fully saturated rings. The minimum absolute atomic E-state index is 0.0848. The van der Waals surface area contributed by atoms with Crippen LogP contribution in [0.1, 0.15) is 13.3 Å². The van der Waals surface area contributed by atoms with Crippen LogP contribution in [0.5, 0.6) is 0 Å². The Morgan fingerprint density at radius 2 is 2.08 bits per heavy atom. The molecule has 0 unspecified atom stereocenters. The molecule has 2 rings (SSSR count). The number of piperazine rings is 1. The van der Waals surface area contributed by atoms with Gasteiger partial charge in [0, 0.05) is 44.8 Å². The van der Waals surface area contributed by atoms with Crippen molar-refractivity contribution in [1.82, 2.24) is 13.9 Å². The van der Waals surface area contributed by atoms with Gasteiger partial charge in [0.05, 0.1) is 11.2 Å². The molecule has 1 saturated heterocycles. The summed E-state index contributed by atoms with van der Waals surface area (Å²) in [5.74, 6) is 0. The van der Waals surface area contributed by atoms with Gasteiger partial charge in [0.15, 0.2) is 0 Å². The first-order valence-electron chi connectivity index (χ1n) is 7.98. The maximum absolute atomic E-state index is 12.7. The Bertz CT molecular complexity index is 851. The van der Waals surface area contributed by atoms with Crippen LogP contribution in [0.25, 0.3) is 0 Å². The number of hydrogen-bond donors (Lipinski definition) is 1. The minimum atomic E-state index is -3.85. The Hall–Kier alpha value is -1.12. The quantitative estimate of drug-likeness (QED) is 0.467. The predicted octanol–water partition coefficient (Wildman–Crippen LogP) is 0.290. The van der Waals surface area contributed by atoms with Crippen LogP contribution < -0.4 is 5.32 Å². The fraction of sp³-hybridized carbons (Fsp3) is 0.692. The van der Waals surface area contributed by atoms with Crippen molar-refractivity contribution in [3.63, 3.8) is 0 Å². The highest BCUT2D eigenvalue weighted by Crippen LogP contribution is 2.30. The molecule has 13 heteroatoms. The Morgan fingerprint density at radius 3 is 2.62 bits per heavy atom. The average molecular weight is 427 g/mol. The van der Waals surface area contributed by atoms with Gasteiger partial charge in [-0.15, -0.1) is 0 Å². The molecule has 0 spiro atoms. The van der Waals surface area contributed by atoms with E-state index in [2.05, 4.69) is 5.32 Å². The lowest BCUT2D eigenvalue weighted by Gasteiger charge is -2.34. The molecule has 2 heterocycles. The summed E-state index contributed by atoms with van der Waals surface area (Å²) >= 11 is 0.614. The Balaban J connectivity index is 2.14. The summed E-state index contributed by atoms with van der Waals surface area (Å²) in [7, 11) is -7.24. The standard InChI is InChI=1S/C13H22N4O6S3/c1-3-7-15(25(2,20)21)9-11-10-16(8-6-14-11)26(22,23)13-5-4-12(24-13)17(18)19/h4-5,11,14H,3,6-10H2,1-2H3/t11-/m1/s1. The van der Waals surface area contributed by atoms with Gasteiger partial charge in [-0.05, 0) is 23.8 Å². The molecular weight excluding hydrogens is 404 g/mol. The van der Waals surface area contributed by atoms with Crippen LogP contribution in [-0.4, -0.2) is 75.4 Å². The van der Waals surface area contributed by atoms with Crippen molar-refractivity contribution in [1.29, 1.82) is 0 Å². The molecule has 1 atom stereocenters. The van der Waals surface area contributed by atoms with Gasteiger partial charge >= 0.3 is 5.00 Å². The number of hydrogen-bond acceptors (Lipinski definition) is 8. The van der Waals surface area contributed by atoms with Crippen molar-refractivity contribution in [2.45, 2.75) is 23.6 Å². The molecular formula is C13H22N4O6S3. The second-order valence-corrected chi connectivity index (χ2v) is 11.2. The summed E-state index contributed by atoms with van der Waals surface area (Å²) in [5.41, 5.74) is 0. The van der Waals surface area contributed by atoms with Gasteiger partial charge in [-0.1, -0.05) is 6.92 Å². The highest BCUT2D eigenvalue weighted by Gasteiger charge is 2.33. The van der Waals surface area contributed by atoms with Crippen LogP contribution in [0, 0.1) is 10.1 Å². The minimum Gasteiger partial charge on any atom is -0.310 e. The lowest BCUT2D eigenvalue weighted by Crippen LogP contribution is -2.56. The lowest BCUT2D eigenvalue weighted by atomic mass is 10.2. The van der Waals surface area contributed by atoms with E-state index in [4.69, 9.17) is 0 Å². The normalized spacial score (nSPS) is 19.7. The van der Waals surface area contributed by atoms with Crippen molar-refractivity contribution in [3.05, 3.63) is 22.2 Å². The van der Waals surface area contributed by atoms with Gasteiger partial charge in [0.25, 0.3) is 10.0 Å². The maximum Gasteiger partial charge on any atom is 0.325 e. The van der Waals surface area contributed by atoms with Crippen LogP contribution in [-0.2, 0) is 20.0 Å². The molecule has 0 radical (unpaired) electrons. The van der Waals surface area contributed by atoms with Gasteiger partial charge in [-0.25, -0.2) is 21.1 Å². The third-order valence-corrected chi connectivity index (χ3v) is 8.56. The van der Waals surface area contributed by atoms with E-state index in [0.717, 1.165) is 6.26 Å². The van der Waals surface area contributed by atoms with E-state index >= 15 is 0 Å². The van der Waals surface area contributed by atoms with Crippen molar-refractivity contribution < 1.29 is 21.8 Å². The van der Waals surface area contributed by atoms with Gasteiger partial charge in [0.2, 0.25) is 10.0 Å². The predicted molar refractivity (Wildman–Crippen MR) is 98.2 cm³/mol. The zero-order valence-corrected chi connectivity index (χ0v) is 16.9. The molecule has 26 heavy (non-hydrogen) atoms. The molecule has 148 valence electrons. The number of thiophene rings is 1. The Kier molecular flexibility index (Phi) is 6.74. The topological polar surface area (TPSA) is 130 Å². The highest BCUT2D eigenvalue weighted by atomic mass is 32.2. The summed E-state index contributed by atoms with van der Waals surface area (Å²) in [6.45, 7) is 3.10. The SMILES string of the molecule is CCCN(C[C@@H]1CN(S(=O)(=O)c2ccc([N+](=O)[O-])s2)CCN1)S(C)(=O)=O. The first kappa shape index (κ1) is 21.2. The van der Waals surface area contributed by atoms with Gasteiger partial charge in [0.1, 0.15) is 4.21 Å². The average Bonchev–Trinajstić information content (AvgIpc) is 3.05. The van der Waals surface area contributed by atoms with Crippen LogP contribution >= 0.6 is 11.3 Å². The number of nitrogens with one attached hydrogen (secondary N) is 1. The van der Waals surface area contributed by atoms with Crippen molar-refractivity contribution in [2.75, 3.05) is 39.0 Å². The number of nitro groups is 1. The monoisotopic (exact) mass is 426 g/mol. The third kappa shape index (κ3) is 4.98. The summed E-state index contributed by atoms with van der Waals surface area (Å²) in [5, 5.41) is 13.7. The van der Waals surface area contributed by atoms with Gasteiger partial charge in [-0.2, -0.15) is 4.31 Å². The molecule has 0 amide bonds. The fourth-order valence-electron chi connectivity index (χ4n) is 2.70. The van der Waals surface area contributed by atoms with Crippen LogP contribution in [0.15, 0.2) is 16.3 Å². The smallest absolute Gasteiger partial charge is 0.310 e. The summed E-state index contributed by atoms with van der Waals surface area (Å²) in [6.07, 6.45) is 1.78. The van der Waals surface area contributed by atoms with E-state index in [0.29, 0.717) is 30.8 Å². The number of nitrogens with zero attached hydrogens (tertiary/aromatic N) is 3. The van der Waals surface area contributed by atoms with E-state index in [1.54, 1.807) is 0 Å². The Labute approximate surface area is 157 Å². The molecule has 0 saturated carbocycles. The Morgan fingerprint density at radius 1 is 1.38 bits per heavy atom. The zero-order valence-electron chi connectivity index (χ0n) is 14.5. The zero-order chi connectivity index (χ0) is 19.5. The molecule has 1 aromatic rings. The molecule has 1 aromatic heterocycles. The van der Waals surface area contributed by atoms with E-state index in [9.17, 15) is 26.9 Å². The van der Waals surface area contributed by atoms with Crippen molar-refractivity contribution in [3.8, 4) is 0 Å². The highest BCUT2D eigenvalue weighted by molar-refractivity contribution is 7.91. The van der Waals surface area contributed by atoms with Gasteiger partial charge < -0.3 is 5.32 Å². The van der Waals surface area contributed by atoms with E-state index in [1.165, 1.54) is 20.7 Å². The molecule has 1 aliphatic heterocycles. The van der Waals surface area contributed by atoms with Crippen LogP contribution in [0.3, 0.4) is 0 Å². The fourth-order valence-corrected chi connectivity index (χ4v) is 6.41. The first-order chi connectivity index (χ1) is 12.1. The van der Waals surface area contributed by atoms with E-state index in [-0.39, 0.29) is 34.9 Å². The molecule has 10 nitrogen and oxygen atoms in total. The molecule has 1 aliphatic rings. The third-order valence-electron chi connectivity index (χ3n) is 3.93. The van der Waals surface area contributed by atoms with Gasteiger partial charge in [-0.3, -0.25) is 10.1 Å². The lowest BCUT2D eigenvalue weighted by molar-refractivity contribution is -0.380. The second-order valence-electron chi connectivity index (χ2n) is 5.98. The van der Waals surface area contributed by atoms with Crippen molar-refractivity contribution in [2.24, 2.45) is 0 Å². The summed E-state index contributed by atoms with van der Waals surface area (Å²) in [6, 6.07) is 2.05. The molecule has 0 bridgehead atoms.